The number of ether oxygens (including phenoxy) is 1. The van der Waals surface area contributed by atoms with Crippen LogP contribution in [-0.2, 0) is 19.1 Å². The van der Waals surface area contributed by atoms with E-state index in [0.717, 1.165) is 24.2 Å². The quantitative estimate of drug-likeness (QED) is 0.124. The van der Waals surface area contributed by atoms with Gasteiger partial charge in [0, 0.05) is 11.5 Å². The minimum atomic E-state index is -1.18. The molecule has 0 aromatic heterocycles. The molecule has 0 saturated heterocycles. The first-order chi connectivity index (χ1) is 16.5. The Balaban J connectivity index is 3.99. The summed E-state index contributed by atoms with van der Waals surface area (Å²) in [5, 5.41) is 20.1. The fourth-order valence-electron chi connectivity index (χ4n) is 3.84. The Hall–Kier alpha value is -1.54. The van der Waals surface area contributed by atoms with E-state index in [1.807, 2.05) is 0 Å². The molecule has 3 N–H and O–H groups in total. The number of allylic oxidation sites excluding steroid dienone is 1. The number of nitrogens with one attached hydrogen (secondary N) is 1. The van der Waals surface area contributed by atoms with Crippen molar-refractivity contribution in [2.75, 3.05) is 24.7 Å². The molecule has 0 aliphatic heterocycles. The Labute approximate surface area is 216 Å². The first kappa shape index (κ1) is 33.5. The monoisotopic (exact) mass is 515 g/mol. The van der Waals surface area contributed by atoms with E-state index in [-0.39, 0.29) is 5.75 Å². The van der Waals surface area contributed by atoms with Crippen LogP contribution < -0.4 is 5.32 Å². The fraction of sp³-hybridized carbons (Fsp3) is 0.815. The zero-order valence-electron chi connectivity index (χ0n) is 22.5. The number of carboxylic acids is 2. The van der Waals surface area contributed by atoms with Crippen LogP contribution in [0.25, 0.3) is 0 Å². The third kappa shape index (κ3) is 21.5. The van der Waals surface area contributed by atoms with Crippen molar-refractivity contribution in [1.82, 2.24) is 5.32 Å². The highest BCUT2D eigenvalue weighted by Gasteiger charge is 2.19. The van der Waals surface area contributed by atoms with Crippen LogP contribution in [0, 0.1) is 17.8 Å². The second-order valence-electron chi connectivity index (χ2n) is 10.3. The van der Waals surface area contributed by atoms with Gasteiger partial charge >= 0.3 is 11.9 Å². The van der Waals surface area contributed by atoms with Gasteiger partial charge in [-0.1, -0.05) is 84.3 Å². The predicted molar refractivity (Wildman–Crippen MR) is 144 cm³/mol. The van der Waals surface area contributed by atoms with Gasteiger partial charge in [-0.2, -0.15) is 11.8 Å². The van der Waals surface area contributed by atoms with Crippen molar-refractivity contribution < 1.29 is 29.3 Å². The molecule has 1 amide bonds. The van der Waals surface area contributed by atoms with Crippen LogP contribution >= 0.6 is 11.8 Å². The lowest BCUT2D eigenvalue weighted by Crippen LogP contribution is -2.44. The molecule has 0 spiro atoms. The third-order valence-corrected chi connectivity index (χ3v) is 7.04. The Kier molecular flexibility index (Phi) is 19.7. The van der Waals surface area contributed by atoms with E-state index < -0.39 is 37.1 Å². The van der Waals surface area contributed by atoms with E-state index in [2.05, 4.69) is 50.7 Å². The van der Waals surface area contributed by atoms with Crippen molar-refractivity contribution in [3.63, 3.8) is 0 Å². The number of carbonyl (C=O) groups excluding carboxylic acids is 1. The van der Waals surface area contributed by atoms with Crippen molar-refractivity contribution in [3.8, 4) is 0 Å². The van der Waals surface area contributed by atoms with E-state index in [1.54, 1.807) is 0 Å². The van der Waals surface area contributed by atoms with E-state index in [9.17, 15) is 19.5 Å². The molecule has 3 atom stereocenters. The van der Waals surface area contributed by atoms with Crippen molar-refractivity contribution in [1.29, 1.82) is 0 Å². The summed E-state index contributed by atoms with van der Waals surface area (Å²) in [6, 6.07) is -1.03. The second-order valence-corrected chi connectivity index (χ2v) is 11.4. The summed E-state index contributed by atoms with van der Waals surface area (Å²) in [4.78, 5) is 33.4. The topological polar surface area (TPSA) is 113 Å². The molecule has 0 unspecified atom stereocenters. The maximum Gasteiger partial charge on any atom is 0.329 e. The molecule has 7 nitrogen and oxygen atoms in total. The Morgan fingerprint density at radius 2 is 1.46 bits per heavy atom. The van der Waals surface area contributed by atoms with Gasteiger partial charge in [0.2, 0.25) is 5.91 Å². The molecule has 0 aliphatic rings. The van der Waals surface area contributed by atoms with Crippen LogP contribution in [0.15, 0.2) is 11.6 Å². The van der Waals surface area contributed by atoms with Crippen molar-refractivity contribution in [2.45, 2.75) is 98.4 Å². The average molecular weight is 516 g/mol. The Bertz CT molecular complexity index is 637. The first-order valence-corrected chi connectivity index (χ1v) is 14.2. The second kappa shape index (κ2) is 20.6. The molecule has 0 aromatic carbocycles. The predicted octanol–water partition coefficient (Wildman–Crippen LogP) is 5.78. The SMILES string of the molecule is C/C(=C\CSC[C@H](NC(=O)COCC(=O)O)C(=O)O)CCC[C@H](C)CCC[C@H](C)CCCC(C)C. The highest BCUT2D eigenvalue weighted by molar-refractivity contribution is 7.99. The zero-order valence-corrected chi connectivity index (χ0v) is 23.3. The molecule has 0 fully saturated rings. The third-order valence-electron chi connectivity index (χ3n) is 6.07. The van der Waals surface area contributed by atoms with E-state index >= 15 is 0 Å². The van der Waals surface area contributed by atoms with Gasteiger partial charge in [0.15, 0.2) is 0 Å². The van der Waals surface area contributed by atoms with Gasteiger partial charge in [-0.05, 0) is 37.5 Å². The van der Waals surface area contributed by atoms with Gasteiger partial charge in [0.05, 0.1) is 0 Å². The van der Waals surface area contributed by atoms with Gasteiger partial charge < -0.3 is 20.3 Å². The zero-order chi connectivity index (χ0) is 26.6. The lowest BCUT2D eigenvalue weighted by atomic mass is 9.91. The number of hydrogen-bond acceptors (Lipinski definition) is 5. The van der Waals surface area contributed by atoms with Crippen LogP contribution in [-0.4, -0.2) is 58.8 Å². The van der Waals surface area contributed by atoms with E-state index in [4.69, 9.17) is 5.11 Å². The van der Waals surface area contributed by atoms with Gasteiger partial charge in [-0.15, -0.1) is 0 Å². The maximum atomic E-state index is 11.7. The average Bonchev–Trinajstić information content (AvgIpc) is 2.75. The van der Waals surface area contributed by atoms with Crippen LogP contribution in [0.2, 0.25) is 0 Å². The number of hydrogen-bond donors (Lipinski definition) is 3. The van der Waals surface area contributed by atoms with Crippen molar-refractivity contribution >= 4 is 29.6 Å². The largest absolute Gasteiger partial charge is 0.480 e. The van der Waals surface area contributed by atoms with Gasteiger partial charge in [0.25, 0.3) is 0 Å². The minimum Gasteiger partial charge on any atom is -0.480 e. The number of aliphatic carboxylic acids is 2. The summed E-state index contributed by atoms with van der Waals surface area (Å²) in [7, 11) is 0. The number of rotatable bonds is 22. The Morgan fingerprint density at radius 3 is 2.00 bits per heavy atom. The summed E-state index contributed by atoms with van der Waals surface area (Å²) < 4.78 is 4.68. The van der Waals surface area contributed by atoms with E-state index in [0.29, 0.717) is 5.75 Å². The lowest BCUT2D eigenvalue weighted by Gasteiger charge is -2.15. The van der Waals surface area contributed by atoms with Crippen LogP contribution in [0.3, 0.4) is 0 Å². The lowest BCUT2D eigenvalue weighted by molar-refractivity contribution is -0.145. The van der Waals surface area contributed by atoms with Crippen LogP contribution in [0.5, 0.6) is 0 Å². The maximum absolute atomic E-state index is 11.7. The highest BCUT2D eigenvalue weighted by atomic mass is 32.2. The van der Waals surface area contributed by atoms with Gasteiger partial charge in [-0.3, -0.25) is 4.79 Å². The number of amides is 1. The molecule has 0 radical (unpaired) electrons. The number of thioether (sulfide) groups is 1. The van der Waals surface area contributed by atoms with Gasteiger partial charge in [-0.25, -0.2) is 9.59 Å². The first-order valence-electron chi connectivity index (χ1n) is 13.1. The van der Waals surface area contributed by atoms with Crippen LogP contribution in [0.1, 0.15) is 92.4 Å². The summed E-state index contributed by atoms with van der Waals surface area (Å²) in [6.07, 6.45) is 13.6. The number of carboxylic acid groups (broad SMARTS) is 2. The molecule has 8 heteroatoms. The van der Waals surface area contributed by atoms with Gasteiger partial charge in [0.1, 0.15) is 19.3 Å². The summed E-state index contributed by atoms with van der Waals surface area (Å²) in [5.41, 5.74) is 1.31. The molecule has 0 aromatic rings. The molecule has 0 rings (SSSR count). The molecular formula is C27H49NO6S. The van der Waals surface area contributed by atoms with Crippen molar-refractivity contribution in [2.24, 2.45) is 17.8 Å². The standard InChI is InChI=1S/C27H49NO6S/c1-20(2)9-6-10-21(3)11-7-12-22(4)13-8-14-23(5)15-16-35-19-24(27(32)33)28-25(29)17-34-18-26(30)31/h15,20-22,24H,6-14,16-19H2,1-5H3,(H,28,29)(H,30,31)(H,32,33)/b23-15+/t21-,22-,24+/m1/s1. The van der Waals surface area contributed by atoms with Crippen LogP contribution in [0.4, 0.5) is 0 Å². The molecule has 0 bridgehead atoms. The molecule has 204 valence electrons. The smallest absolute Gasteiger partial charge is 0.329 e. The molecule has 0 heterocycles. The normalized spacial score (nSPS) is 14.5. The minimum absolute atomic E-state index is 0.233. The Morgan fingerprint density at radius 1 is 0.886 bits per heavy atom. The fourth-order valence-corrected chi connectivity index (χ4v) is 4.84. The molecule has 0 aliphatic carbocycles. The number of carbonyl (C=O) groups is 3. The molecule has 0 saturated carbocycles. The summed E-state index contributed by atoms with van der Waals surface area (Å²) in [5.74, 6) is 0.373. The highest BCUT2D eigenvalue weighted by Crippen LogP contribution is 2.22. The van der Waals surface area contributed by atoms with E-state index in [1.165, 1.54) is 68.7 Å². The van der Waals surface area contributed by atoms with Crippen molar-refractivity contribution in [3.05, 3.63) is 11.6 Å². The summed E-state index contributed by atoms with van der Waals surface area (Å²) >= 11 is 1.44. The summed E-state index contributed by atoms with van der Waals surface area (Å²) in [6.45, 7) is 10.4. The molecule has 35 heavy (non-hydrogen) atoms. The molecular weight excluding hydrogens is 466 g/mol.